The number of ether oxygens (including phenoxy) is 1. The molecule has 1 atom stereocenters. The Morgan fingerprint density at radius 3 is 2.31 bits per heavy atom. The van der Waals surface area contributed by atoms with E-state index in [0.29, 0.717) is 22.2 Å². The van der Waals surface area contributed by atoms with E-state index in [1.54, 1.807) is 29.2 Å². The highest BCUT2D eigenvalue weighted by Crippen LogP contribution is 2.24. The van der Waals surface area contributed by atoms with Gasteiger partial charge in [0.2, 0.25) is 5.91 Å². The minimum atomic E-state index is -0.747. The van der Waals surface area contributed by atoms with Gasteiger partial charge in [0.15, 0.2) is 6.61 Å². The van der Waals surface area contributed by atoms with E-state index < -0.39 is 6.04 Å². The lowest BCUT2D eigenvalue weighted by Crippen LogP contribution is -2.52. The number of carbonyl (C=O) groups excluding carboxylic acids is 2. The van der Waals surface area contributed by atoms with Crippen molar-refractivity contribution in [3.05, 3.63) is 99.5 Å². The predicted molar refractivity (Wildman–Crippen MR) is 141 cm³/mol. The monoisotopic (exact) mass is 512 g/mol. The first-order valence-electron chi connectivity index (χ1n) is 11.5. The first kappa shape index (κ1) is 26.6. The van der Waals surface area contributed by atoms with Gasteiger partial charge in [0, 0.05) is 19.0 Å². The Labute approximate surface area is 217 Å². The van der Waals surface area contributed by atoms with E-state index in [4.69, 9.17) is 27.9 Å². The SMILES string of the molecule is Cc1cccc(OCC(=O)N(Cc2ccc(Cl)c(Cl)c2)C(Cc2ccccc2)C(=O)NC(C)C)c1. The average Bonchev–Trinajstić information content (AvgIpc) is 2.82. The Kier molecular flexibility index (Phi) is 9.58. The second kappa shape index (κ2) is 12.6. The van der Waals surface area contributed by atoms with Crippen LogP contribution in [0.5, 0.6) is 5.75 Å². The molecule has 0 aliphatic rings. The van der Waals surface area contributed by atoms with Crippen LogP contribution in [0.2, 0.25) is 10.0 Å². The lowest BCUT2D eigenvalue weighted by molar-refractivity contribution is -0.143. The van der Waals surface area contributed by atoms with Gasteiger partial charge in [-0.2, -0.15) is 0 Å². The lowest BCUT2D eigenvalue weighted by atomic mass is 10.0. The first-order chi connectivity index (χ1) is 16.7. The van der Waals surface area contributed by atoms with Crippen LogP contribution in [0.4, 0.5) is 0 Å². The fraction of sp³-hybridized carbons (Fsp3) is 0.286. The number of rotatable bonds is 10. The van der Waals surface area contributed by atoms with Crippen molar-refractivity contribution < 1.29 is 14.3 Å². The van der Waals surface area contributed by atoms with E-state index in [1.807, 2.05) is 69.3 Å². The van der Waals surface area contributed by atoms with Crippen LogP contribution >= 0.6 is 23.2 Å². The van der Waals surface area contributed by atoms with Crippen LogP contribution in [-0.4, -0.2) is 35.4 Å². The molecule has 3 aromatic carbocycles. The minimum absolute atomic E-state index is 0.0776. The molecule has 2 amide bonds. The number of aryl methyl sites for hydroxylation is 1. The number of hydrogen-bond donors (Lipinski definition) is 1. The molecule has 35 heavy (non-hydrogen) atoms. The minimum Gasteiger partial charge on any atom is -0.484 e. The molecular weight excluding hydrogens is 483 g/mol. The number of hydrogen-bond acceptors (Lipinski definition) is 3. The smallest absolute Gasteiger partial charge is 0.261 e. The molecule has 5 nitrogen and oxygen atoms in total. The molecule has 0 fully saturated rings. The van der Waals surface area contributed by atoms with Crippen LogP contribution in [0.3, 0.4) is 0 Å². The normalized spacial score (nSPS) is 11.7. The molecule has 0 heterocycles. The van der Waals surface area contributed by atoms with Gasteiger partial charge in [-0.3, -0.25) is 9.59 Å². The Bertz CT molecular complexity index is 1150. The number of nitrogens with one attached hydrogen (secondary N) is 1. The summed E-state index contributed by atoms with van der Waals surface area (Å²) in [6, 6.07) is 21.5. The van der Waals surface area contributed by atoms with Gasteiger partial charge in [0.25, 0.3) is 5.91 Å². The standard InChI is InChI=1S/C28H30Cl2N2O3/c1-19(2)31-28(34)26(16-21-9-5-4-6-10-21)32(17-22-12-13-24(29)25(30)15-22)27(33)18-35-23-11-7-8-20(3)14-23/h4-15,19,26H,16-18H2,1-3H3,(H,31,34). The summed E-state index contributed by atoms with van der Waals surface area (Å²) in [4.78, 5) is 28.4. The molecule has 0 aromatic heterocycles. The lowest BCUT2D eigenvalue weighted by Gasteiger charge is -2.32. The number of halogens is 2. The summed E-state index contributed by atoms with van der Waals surface area (Å²) in [6.45, 7) is 5.71. The van der Waals surface area contributed by atoms with Crippen molar-refractivity contribution in [3.8, 4) is 5.75 Å². The van der Waals surface area contributed by atoms with Gasteiger partial charge in [-0.25, -0.2) is 0 Å². The molecule has 0 spiro atoms. The molecule has 1 N–H and O–H groups in total. The molecule has 0 saturated heterocycles. The topological polar surface area (TPSA) is 58.6 Å². The molecule has 0 aliphatic carbocycles. The molecule has 1 unspecified atom stereocenters. The first-order valence-corrected chi connectivity index (χ1v) is 12.3. The Balaban J connectivity index is 1.93. The van der Waals surface area contributed by atoms with Gasteiger partial charge in [0.05, 0.1) is 10.0 Å². The van der Waals surface area contributed by atoms with Crippen molar-refractivity contribution in [1.29, 1.82) is 0 Å². The van der Waals surface area contributed by atoms with E-state index in [1.165, 1.54) is 0 Å². The third-order valence-electron chi connectivity index (χ3n) is 5.39. The highest BCUT2D eigenvalue weighted by molar-refractivity contribution is 6.42. The molecule has 0 aliphatic heterocycles. The largest absolute Gasteiger partial charge is 0.484 e. The van der Waals surface area contributed by atoms with Crippen LogP contribution in [0.25, 0.3) is 0 Å². The van der Waals surface area contributed by atoms with Gasteiger partial charge in [0.1, 0.15) is 11.8 Å². The second-order valence-electron chi connectivity index (χ2n) is 8.74. The number of carbonyl (C=O) groups is 2. The fourth-order valence-electron chi connectivity index (χ4n) is 3.70. The predicted octanol–water partition coefficient (Wildman–Crippen LogP) is 5.85. The van der Waals surface area contributed by atoms with E-state index in [9.17, 15) is 9.59 Å². The number of amides is 2. The second-order valence-corrected chi connectivity index (χ2v) is 9.56. The fourth-order valence-corrected chi connectivity index (χ4v) is 4.02. The maximum atomic E-state index is 13.5. The molecule has 184 valence electrons. The zero-order valence-corrected chi connectivity index (χ0v) is 21.6. The van der Waals surface area contributed by atoms with Crippen molar-refractivity contribution in [1.82, 2.24) is 10.2 Å². The van der Waals surface area contributed by atoms with Crippen molar-refractivity contribution in [2.24, 2.45) is 0 Å². The third kappa shape index (κ3) is 8.01. The maximum Gasteiger partial charge on any atom is 0.261 e. The summed E-state index contributed by atoms with van der Waals surface area (Å²) in [7, 11) is 0. The summed E-state index contributed by atoms with van der Waals surface area (Å²) in [5.41, 5.74) is 2.74. The molecule has 0 radical (unpaired) electrons. The molecule has 3 rings (SSSR count). The van der Waals surface area contributed by atoms with Gasteiger partial charge >= 0.3 is 0 Å². The Morgan fingerprint density at radius 2 is 1.66 bits per heavy atom. The van der Waals surface area contributed by atoms with E-state index >= 15 is 0 Å². The highest BCUT2D eigenvalue weighted by Gasteiger charge is 2.31. The highest BCUT2D eigenvalue weighted by atomic mass is 35.5. The van der Waals surface area contributed by atoms with Crippen molar-refractivity contribution >= 4 is 35.0 Å². The van der Waals surface area contributed by atoms with Crippen LogP contribution in [0, 0.1) is 6.92 Å². The summed E-state index contributed by atoms with van der Waals surface area (Å²) in [6.07, 6.45) is 0.358. The molecular formula is C28H30Cl2N2O3. The van der Waals surface area contributed by atoms with Crippen LogP contribution < -0.4 is 10.1 Å². The molecule has 7 heteroatoms. The quantitative estimate of drug-likeness (QED) is 0.370. The summed E-state index contributed by atoms with van der Waals surface area (Å²) in [5, 5.41) is 3.78. The third-order valence-corrected chi connectivity index (χ3v) is 6.13. The van der Waals surface area contributed by atoms with Crippen molar-refractivity contribution in [3.63, 3.8) is 0 Å². The van der Waals surface area contributed by atoms with Crippen molar-refractivity contribution in [2.75, 3.05) is 6.61 Å². The summed E-state index contributed by atoms with van der Waals surface area (Å²) in [5.74, 6) is 0.0595. The van der Waals surface area contributed by atoms with Crippen LogP contribution in [-0.2, 0) is 22.6 Å². The van der Waals surface area contributed by atoms with Crippen LogP contribution in [0.1, 0.15) is 30.5 Å². The summed E-state index contributed by atoms with van der Waals surface area (Å²) < 4.78 is 5.80. The molecule has 0 bridgehead atoms. The van der Waals surface area contributed by atoms with E-state index in [2.05, 4.69) is 5.32 Å². The number of benzene rings is 3. The van der Waals surface area contributed by atoms with Gasteiger partial charge in [-0.15, -0.1) is 0 Å². The zero-order valence-electron chi connectivity index (χ0n) is 20.1. The Morgan fingerprint density at radius 1 is 0.914 bits per heavy atom. The number of nitrogens with zero attached hydrogens (tertiary/aromatic N) is 1. The van der Waals surface area contributed by atoms with E-state index in [-0.39, 0.29) is 31.0 Å². The molecule has 0 saturated carbocycles. The average molecular weight is 513 g/mol. The van der Waals surface area contributed by atoms with E-state index in [0.717, 1.165) is 16.7 Å². The van der Waals surface area contributed by atoms with Gasteiger partial charge in [-0.05, 0) is 61.7 Å². The van der Waals surface area contributed by atoms with Crippen molar-refractivity contribution in [2.45, 2.75) is 45.8 Å². The van der Waals surface area contributed by atoms with Gasteiger partial charge < -0.3 is 15.0 Å². The van der Waals surface area contributed by atoms with Gasteiger partial charge in [-0.1, -0.05) is 71.7 Å². The summed E-state index contributed by atoms with van der Waals surface area (Å²) >= 11 is 12.3. The zero-order chi connectivity index (χ0) is 25.4. The van der Waals surface area contributed by atoms with Crippen LogP contribution in [0.15, 0.2) is 72.8 Å². The molecule has 3 aromatic rings. The maximum absolute atomic E-state index is 13.5. The Hall–Kier alpha value is -3.02.